The highest BCUT2D eigenvalue weighted by Crippen LogP contribution is 2.31. The Morgan fingerprint density at radius 1 is 1.26 bits per heavy atom. The molecule has 2 rings (SSSR count). The largest absolute Gasteiger partial charge is 0.497 e. The standard InChI is InChI=1S/C15H20N4O4/c1-5-9(2)13(15(20)21)19-14(16-17-18-19)10-6-11(22-3)8-12(7-10)23-4/h6-9,13H,5H2,1-4H3,(H,20,21). The lowest BCUT2D eigenvalue weighted by Crippen LogP contribution is -2.27. The van der Waals surface area contributed by atoms with E-state index in [9.17, 15) is 9.90 Å². The molecule has 2 atom stereocenters. The van der Waals surface area contributed by atoms with Crippen LogP contribution < -0.4 is 9.47 Å². The van der Waals surface area contributed by atoms with Crippen LogP contribution in [0.3, 0.4) is 0 Å². The van der Waals surface area contributed by atoms with Gasteiger partial charge in [0.15, 0.2) is 11.9 Å². The summed E-state index contributed by atoms with van der Waals surface area (Å²) >= 11 is 0. The van der Waals surface area contributed by atoms with Gasteiger partial charge in [0.05, 0.1) is 14.2 Å². The molecule has 1 aromatic heterocycles. The number of carbonyl (C=O) groups is 1. The van der Waals surface area contributed by atoms with Gasteiger partial charge in [-0.3, -0.25) is 0 Å². The van der Waals surface area contributed by atoms with E-state index in [4.69, 9.17) is 9.47 Å². The van der Waals surface area contributed by atoms with Crippen molar-refractivity contribution in [2.45, 2.75) is 26.3 Å². The van der Waals surface area contributed by atoms with Gasteiger partial charge < -0.3 is 14.6 Å². The molecule has 0 spiro atoms. The first kappa shape index (κ1) is 16.7. The fourth-order valence-electron chi connectivity index (χ4n) is 2.32. The number of hydrogen-bond acceptors (Lipinski definition) is 6. The molecule has 8 nitrogen and oxygen atoms in total. The summed E-state index contributed by atoms with van der Waals surface area (Å²) in [6, 6.07) is 4.35. The number of nitrogens with zero attached hydrogens (tertiary/aromatic N) is 4. The van der Waals surface area contributed by atoms with Crippen LogP contribution in [0.25, 0.3) is 11.4 Å². The second kappa shape index (κ2) is 7.08. The fraction of sp³-hybridized carbons (Fsp3) is 0.467. The van der Waals surface area contributed by atoms with Crippen molar-refractivity contribution in [3.63, 3.8) is 0 Å². The molecule has 0 fully saturated rings. The van der Waals surface area contributed by atoms with Gasteiger partial charge in [-0.1, -0.05) is 20.3 Å². The van der Waals surface area contributed by atoms with Gasteiger partial charge in [-0.2, -0.15) is 0 Å². The number of carboxylic acid groups (broad SMARTS) is 1. The summed E-state index contributed by atoms with van der Waals surface area (Å²) in [7, 11) is 3.08. The first-order chi connectivity index (χ1) is 11.0. The Morgan fingerprint density at radius 3 is 2.35 bits per heavy atom. The molecule has 0 amide bonds. The molecule has 0 saturated carbocycles. The van der Waals surface area contributed by atoms with Gasteiger partial charge in [-0.05, 0) is 28.5 Å². The van der Waals surface area contributed by atoms with Crippen LogP contribution in [0.5, 0.6) is 11.5 Å². The number of benzene rings is 1. The summed E-state index contributed by atoms with van der Waals surface area (Å²) in [5.41, 5.74) is 0.626. The Bertz CT molecular complexity index is 664. The van der Waals surface area contributed by atoms with Crippen LogP contribution in [-0.4, -0.2) is 45.5 Å². The Morgan fingerprint density at radius 2 is 1.87 bits per heavy atom. The molecule has 1 N–H and O–H groups in total. The van der Waals surface area contributed by atoms with Crippen molar-refractivity contribution in [3.05, 3.63) is 18.2 Å². The number of methoxy groups -OCH3 is 2. The summed E-state index contributed by atoms with van der Waals surface area (Å²) in [5.74, 6) is 0.411. The first-order valence-corrected chi connectivity index (χ1v) is 7.25. The Labute approximate surface area is 134 Å². The average molecular weight is 320 g/mol. The Balaban J connectivity index is 2.54. The number of carboxylic acids is 1. The monoisotopic (exact) mass is 320 g/mol. The lowest BCUT2D eigenvalue weighted by atomic mass is 9.99. The summed E-state index contributed by atoms with van der Waals surface area (Å²) in [5, 5.41) is 21.1. The lowest BCUT2D eigenvalue weighted by Gasteiger charge is -2.19. The van der Waals surface area contributed by atoms with Crippen molar-refractivity contribution in [2.75, 3.05) is 14.2 Å². The maximum Gasteiger partial charge on any atom is 0.328 e. The van der Waals surface area contributed by atoms with Crippen molar-refractivity contribution < 1.29 is 19.4 Å². The highest BCUT2D eigenvalue weighted by atomic mass is 16.5. The number of tetrazole rings is 1. The van der Waals surface area contributed by atoms with Gasteiger partial charge in [-0.25, -0.2) is 9.48 Å². The van der Waals surface area contributed by atoms with Crippen molar-refractivity contribution in [1.29, 1.82) is 0 Å². The smallest absolute Gasteiger partial charge is 0.328 e. The zero-order chi connectivity index (χ0) is 17.0. The molecule has 1 aromatic carbocycles. The molecule has 0 saturated heterocycles. The van der Waals surface area contributed by atoms with Gasteiger partial charge in [-0.15, -0.1) is 5.10 Å². The topological polar surface area (TPSA) is 99.4 Å². The Hall–Kier alpha value is -2.64. The van der Waals surface area contributed by atoms with Crippen LogP contribution in [0.1, 0.15) is 26.3 Å². The molecule has 1 heterocycles. The minimum atomic E-state index is -0.970. The van der Waals surface area contributed by atoms with E-state index < -0.39 is 12.0 Å². The number of aliphatic carboxylic acids is 1. The molecular formula is C15H20N4O4. The molecule has 0 radical (unpaired) electrons. The number of aromatic nitrogens is 4. The third-order valence-corrected chi connectivity index (χ3v) is 3.80. The van der Waals surface area contributed by atoms with Crippen molar-refractivity contribution in [1.82, 2.24) is 20.2 Å². The highest BCUT2D eigenvalue weighted by molar-refractivity contribution is 5.73. The average Bonchev–Trinajstić information content (AvgIpc) is 3.02. The van der Waals surface area contributed by atoms with Crippen molar-refractivity contribution in [2.24, 2.45) is 5.92 Å². The van der Waals surface area contributed by atoms with Crippen LogP contribution in [0.15, 0.2) is 18.2 Å². The summed E-state index contributed by atoms with van der Waals surface area (Å²) in [4.78, 5) is 11.7. The number of hydrogen-bond donors (Lipinski definition) is 1. The van der Waals surface area contributed by atoms with E-state index in [-0.39, 0.29) is 5.92 Å². The second-order valence-electron chi connectivity index (χ2n) is 5.22. The molecule has 124 valence electrons. The van der Waals surface area contributed by atoms with Gasteiger partial charge in [0, 0.05) is 11.6 Å². The third kappa shape index (κ3) is 3.41. The molecule has 2 unspecified atom stereocenters. The van der Waals surface area contributed by atoms with E-state index in [0.29, 0.717) is 29.3 Å². The fourth-order valence-corrected chi connectivity index (χ4v) is 2.32. The lowest BCUT2D eigenvalue weighted by molar-refractivity contribution is -0.142. The van der Waals surface area contributed by atoms with E-state index in [0.717, 1.165) is 0 Å². The van der Waals surface area contributed by atoms with E-state index >= 15 is 0 Å². The quantitative estimate of drug-likeness (QED) is 0.833. The van der Waals surface area contributed by atoms with Gasteiger partial charge in [0.25, 0.3) is 0 Å². The molecular weight excluding hydrogens is 300 g/mol. The van der Waals surface area contributed by atoms with E-state index in [1.165, 1.54) is 4.68 Å². The van der Waals surface area contributed by atoms with Gasteiger partial charge >= 0.3 is 5.97 Å². The highest BCUT2D eigenvalue weighted by Gasteiger charge is 2.30. The van der Waals surface area contributed by atoms with Crippen molar-refractivity contribution >= 4 is 5.97 Å². The van der Waals surface area contributed by atoms with Crippen LogP contribution in [-0.2, 0) is 4.79 Å². The van der Waals surface area contributed by atoms with Crippen LogP contribution in [0.2, 0.25) is 0 Å². The molecule has 23 heavy (non-hydrogen) atoms. The van der Waals surface area contributed by atoms with Crippen molar-refractivity contribution in [3.8, 4) is 22.9 Å². The Kier molecular flexibility index (Phi) is 5.15. The van der Waals surface area contributed by atoms with Crippen LogP contribution in [0, 0.1) is 5.92 Å². The molecule has 0 bridgehead atoms. The maximum atomic E-state index is 11.7. The molecule has 0 aliphatic carbocycles. The third-order valence-electron chi connectivity index (χ3n) is 3.80. The summed E-state index contributed by atoms with van der Waals surface area (Å²) < 4.78 is 11.8. The normalized spacial score (nSPS) is 13.4. The van der Waals surface area contributed by atoms with Gasteiger partial charge in [0.1, 0.15) is 11.5 Å². The zero-order valence-corrected chi connectivity index (χ0v) is 13.6. The predicted octanol–water partition coefficient (Wildman–Crippen LogP) is 2.03. The van der Waals surface area contributed by atoms with E-state index in [1.54, 1.807) is 32.4 Å². The van der Waals surface area contributed by atoms with Crippen LogP contribution in [0.4, 0.5) is 0 Å². The first-order valence-electron chi connectivity index (χ1n) is 7.25. The van der Waals surface area contributed by atoms with E-state index in [1.807, 2.05) is 13.8 Å². The second-order valence-corrected chi connectivity index (χ2v) is 5.22. The van der Waals surface area contributed by atoms with E-state index in [2.05, 4.69) is 15.5 Å². The number of rotatable bonds is 7. The van der Waals surface area contributed by atoms with Gasteiger partial charge in [0.2, 0.25) is 0 Å². The molecule has 8 heteroatoms. The summed E-state index contributed by atoms with van der Waals surface area (Å²) in [6.07, 6.45) is 0.692. The van der Waals surface area contributed by atoms with Crippen LogP contribution >= 0.6 is 0 Å². The minimum absolute atomic E-state index is 0.123. The SMILES string of the molecule is CCC(C)C(C(=O)O)n1nnnc1-c1cc(OC)cc(OC)c1. The maximum absolute atomic E-state index is 11.7. The minimum Gasteiger partial charge on any atom is -0.497 e. The predicted molar refractivity (Wildman–Crippen MR) is 82.5 cm³/mol. The number of ether oxygens (including phenoxy) is 2. The molecule has 0 aliphatic rings. The molecule has 2 aromatic rings. The summed E-state index contributed by atoms with van der Waals surface area (Å²) in [6.45, 7) is 3.79. The zero-order valence-electron chi connectivity index (χ0n) is 13.6. The molecule has 0 aliphatic heterocycles.